The third-order valence-corrected chi connectivity index (χ3v) is 4.64. The number of nitrogens with zero attached hydrogens (tertiary/aromatic N) is 2. The maximum Gasteiger partial charge on any atom is 0.223 e. The quantitative estimate of drug-likeness (QED) is 0.719. The van der Waals surface area contributed by atoms with Gasteiger partial charge in [0.15, 0.2) is 0 Å². The van der Waals surface area contributed by atoms with Crippen molar-refractivity contribution in [2.24, 2.45) is 7.05 Å². The van der Waals surface area contributed by atoms with E-state index in [2.05, 4.69) is 43.2 Å². The Balaban J connectivity index is 1.46. The van der Waals surface area contributed by atoms with Crippen LogP contribution in [0, 0.1) is 0 Å². The molecule has 5 heteroatoms. The highest BCUT2D eigenvalue weighted by atomic mass is 16.5. The van der Waals surface area contributed by atoms with E-state index in [0.29, 0.717) is 19.6 Å². The summed E-state index contributed by atoms with van der Waals surface area (Å²) in [6.07, 6.45) is 0.310. The molecular weight excluding hydrogens is 338 g/mol. The molecule has 0 saturated carbocycles. The number of para-hydroxylation sites is 2. The molecule has 3 aromatic rings. The fraction of sp³-hybridized carbons (Fsp3) is 0.364. The lowest BCUT2D eigenvalue weighted by molar-refractivity contribution is -0.121. The number of rotatable bonds is 6. The van der Waals surface area contributed by atoms with Gasteiger partial charge >= 0.3 is 0 Å². The molecule has 0 unspecified atom stereocenters. The standard InChI is InChI=1S/C22H27N3O2/c1-22(2,3)16-9-11-17(12-10-16)27-14-13-21(26)23-15-20-24-18-7-5-6-8-19(18)25(20)4/h5-12H,13-15H2,1-4H3,(H,23,26). The fourth-order valence-electron chi connectivity index (χ4n) is 2.93. The summed E-state index contributed by atoms with van der Waals surface area (Å²) in [5.74, 6) is 1.57. The second-order valence-corrected chi connectivity index (χ2v) is 7.73. The highest BCUT2D eigenvalue weighted by molar-refractivity contribution is 5.77. The largest absolute Gasteiger partial charge is 0.493 e. The lowest BCUT2D eigenvalue weighted by Crippen LogP contribution is -2.25. The third-order valence-electron chi connectivity index (χ3n) is 4.64. The monoisotopic (exact) mass is 365 g/mol. The Kier molecular flexibility index (Phi) is 5.49. The molecule has 0 fully saturated rings. The summed E-state index contributed by atoms with van der Waals surface area (Å²) in [5.41, 5.74) is 3.37. The van der Waals surface area contributed by atoms with Gasteiger partial charge in [0.25, 0.3) is 0 Å². The molecule has 1 amide bonds. The van der Waals surface area contributed by atoms with Crippen LogP contribution in [0.15, 0.2) is 48.5 Å². The summed E-state index contributed by atoms with van der Waals surface area (Å²) in [6.45, 7) is 7.29. The first-order valence-electron chi connectivity index (χ1n) is 9.25. The van der Waals surface area contributed by atoms with Crippen molar-refractivity contribution >= 4 is 16.9 Å². The van der Waals surface area contributed by atoms with Gasteiger partial charge in [-0.05, 0) is 35.2 Å². The first-order valence-corrected chi connectivity index (χ1v) is 9.25. The molecule has 142 valence electrons. The van der Waals surface area contributed by atoms with Gasteiger partial charge in [0.2, 0.25) is 5.91 Å². The Bertz CT molecular complexity index is 921. The van der Waals surface area contributed by atoms with Crippen LogP contribution in [0.4, 0.5) is 0 Å². The molecule has 1 aromatic heterocycles. The van der Waals surface area contributed by atoms with Gasteiger partial charge in [0.1, 0.15) is 11.6 Å². The van der Waals surface area contributed by atoms with Crippen LogP contribution in [-0.2, 0) is 23.8 Å². The first kappa shape index (κ1) is 19.0. The summed E-state index contributed by atoms with van der Waals surface area (Å²) < 4.78 is 7.69. The average molecular weight is 365 g/mol. The van der Waals surface area contributed by atoms with E-state index < -0.39 is 0 Å². The summed E-state index contributed by atoms with van der Waals surface area (Å²) in [6, 6.07) is 16.0. The zero-order valence-corrected chi connectivity index (χ0v) is 16.5. The zero-order chi connectivity index (χ0) is 19.4. The van der Waals surface area contributed by atoms with E-state index >= 15 is 0 Å². The average Bonchev–Trinajstić information content (AvgIpc) is 2.96. The van der Waals surface area contributed by atoms with Crippen molar-refractivity contribution in [2.45, 2.75) is 39.2 Å². The predicted molar refractivity (Wildman–Crippen MR) is 108 cm³/mol. The van der Waals surface area contributed by atoms with E-state index in [1.54, 1.807) is 0 Å². The molecule has 0 atom stereocenters. The molecule has 0 spiro atoms. The number of hydrogen-bond acceptors (Lipinski definition) is 3. The summed E-state index contributed by atoms with van der Waals surface area (Å²) in [7, 11) is 1.96. The number of aromatic nitrogens is 2. The number of fused-ring (bicyclic) bond motifs is 1. The summed E-state index contributed by atoms with van der Waals surface area (Å²) in [5, 5.41) is 2.91. The molecule has 0 aliphatic rings. The Morgan fingerprint density at radius 3 is 2.48 bits per heavy atom. The molecule has 2 aromatic carbocycles. The Morgan fingerprint density at radius 2 is 1.81 bits per heavy atom. The predicted octanol–water partition coefficient (Wildman–Crippen LogP) is 3.96. The van der Waals surface area contributed by atoms with Crippen molar-refractivity contribution in [3.63, 3.8) is 0 Å². The Morgan fingerprint density at radius 1 is 1.11 bits per heavy atom. The van der Waals surface area contributed by atoms with Crippen LogP contribution < -0.4 is 10.1 Å². The van der Waals surface area contributed by atoms with Crippen molar-refractivity contribution in [1.29, 1.82) is 0 Å². The third kappa shape index (κ3) is 4.67. The van der Waals surface area contributed by atoms with Gasteiger partial charge < -0.3 is 14.6 Å². The van der Waals surface area contributed by atoms with Crippen molar-refractivity contribution in [1.82, 2.24) is 14.9 Å². The maximum absolute atomic E-state index is 12.1. The molecule has 5 nitrogen and oxygen atoms in total. The summed E-state index contributed by atoms with van der Waals surface area (Å²) >= 11 is 0. The summed E-state index contributed by atoms with van der Waals surface area (Å²) in [4.78, 5) is 16.6. The van der Waals surface area contributed by atoms with Crippen molar-refractivity contribution in [3.8, 4) is 5.75 Å². The van der Waals surface area contributed by atoms with Crippen LogP contribution in [0.3, 0.4) is 0 Å². The number of imidazole rings is 1. The molecule has 27 heavy (non-hydrogen) atoms. The maximum atomic E-state index is 12.1. The topological polar surface area (TPSA) is 56.2 Å². The van der Waals surface area contributed by atoms with Crippen LogP contribution >= 0.6 is 0 Å². The molecule has 1 N–H and O–H groups in total. The van der Waals surface area contributed by atoms with Gasteiger partial charge in [-0.25, -0.2) is 4.98 Å². The zero-order valence-electron chi connectivity index (χ0n) is 16.5. The van der Waals surface area contributed by atoms with Crippen molar-refractivity contribution in [2.75, 3.05) is 6.61 Å². The van der Waals surface area contributed by atoms with Gasteiger partial charge in [-0.1, -0.05) is 45.0 Å². The number of hydrogen-bond donors (Lipinski definition) is 1. The van der Waals surface area contributed by atoms with E-state index in [-0.39, 0.29) is 11.3 Å². The Hall–Kier alpha value is -2.82. The number of benzene rings is 2. The van der Waals surface area contributed by atoms with E-state index in [4.69, 9.17) is 4.74 Å². The Labute approximate surface area is 160 Å². The fourth-order valence-corrected chi connectivity index (χ4v) is 2.93. The van der Waals surface area contributed by atoms with Gasteiger partial charge in [0.05, 0.1) is 30.6 Å². The van der Waals surface area contributed by atoms with Crippen LogP contribution in [0.25, 0.3) is 11.0 Å². The molecule has 0 saturated heterocycles. The smallest absolute Gasteiger partial charge is 0.223 e. The molecule has 1 heterocycles. The van der Waals surface area contributed by atoms with Crippen molar-refractivity contribution < 1.29 is 9.53 Å². The number of carbonyl (C=O) groups is 1. The van der Waals surface area contributed by atoms with Crippen molar-refractivity contribution in [3.05, 3.63) is 59.9 Å². The molecule has 0 radical (unpaired) electrons. The van der Waals surface area contributed by atoms with Crippen LogP contribution in [0.1, 0.15) is 38.6 Å². The van der Waals surface area contributed by atoms with Crippen LogP contribution in [0.2, 0.25) is 0 Å². The first-order chi connectivity index (χ1) is 12.8. The van der Waals surface area contributed by atoms with E-state index in [0.717, 1.165) is 22.6 Å². The van der Waals surface area contributed by atoms with Gasteiger partial charge in [-0.2, -0.15) is 0 Å². The number of carbonyl (C=O) groups excluding carboxylic acids is 1. The minimum absolute atomic E-state index is 0.0478. The second kappa shape index (κ2) is 7.82. The number of nitrogens with one attached hydrogen (secondary N) is 1. The van der Waals surface area contributed by atoms with Crippen LogP contribution in [-0.4, -0.2) is 22.1 Å². The minimum atomic E-state index is -0.0478. The van der Waals surface area contributed by atoms with E-state index in [1.807, 2.05) is 48.0 Å². The SMILES string of the molecule is Cn1c(CNC(=O)CCOc2ccc(C(C)(C)C)cc2)nc2ccccc21. The normalized spacial score (nSPS) is 11.6. The van der Waals surface area contributed by atoms with E-state index in [9.17, 15) is 4.79 Å². The van der Waals surface area contributed by atoms with Gasteiger partial charge in [0, 0.05) is 7.05 Å². The van der Waals surface area contributed by atoms with E-state index in [1.165, 1.54) is 5.56 Å². The molecule has 0 aliphatic carbocycles. The van der Waals surface area contributed by atoms with Gasteiger partial charge in [-0.15, -0.1) is 0 Å². The lowest BCUT2D eigenvalue weighted by atomic mass is 9.87. The van der Waals surface area contributed by atoms with Crippen LogP contribution in [0.5, 0.6) is 5.75 Å². The lowest BCUT2D eigenvalue weighted by Gasteiger charge is -2.19. The molecule has 0 bridgehead atoms. The molecule has 0 aliphatic heterocycles. The second-order valence-electron chi connectivity index (χ2n) is 7.73. The van der Waals surface area contributed by atoms with Gasteiger partial charge in [-0.3, -0.25) is 4.79 Å². The highest BCUT2D eigenvalue weighted by Gasteiger charge is 2.13. The highest BCUT2D eigenvalue weighted by Crippen LogP contribution is 2.24. The number of aryl methyl sites for hydroxylation is 1. The minimum Gasteiger partial charge on any atom is -0.493 e. The molecular formula is C22H27N3O2. The number of amides is 1. The molecule has 3 rings (SSSR count). The number of ether oxygens (including phenoxy) is 1.